The van der Waals surface area contributed by atoms with Gasteiger partial charge in [0.05, 0.1) is 24.3 Å². The zero-order valence-corrected chi connectivity index (χ0v) is 29.2. The number of ether oxygens (including phenoxy) is 3. The lowest BCUT2D eigenvalue weighted by atomic mass is 9.53. The summed E-state index contributed by atoms with van der Waals surface area (Å²) in [5.74, 6) is -3.39. The largest absolute Gasteiger partial charge is 0.456 e. The van der Waals surface area contributed by atoms with Crippen molar-refractivity contribution in [3.05, 3.63) is 58.7 Å². The molecule has 0 radical (unpaired) electrons. The maximum Gasteiger partial charge on any atom is 0.338 e. The van der Waals surface area contributed by atoms with E-state index in [1.807, 2.05) is 6.92 Å². The van der Waals surface area contributed by atoms with Crippen molar-refractivity contribution in [2.75, 3.05) is 6.61 Å². The number of Topliss-reactive ketones (excluding diaryl/α,β-unsaturated/α-hetero) is 1. The first-order valence-electron chi connectivity index (χ1n) is 16.7. The van der Waals surface area contributed by atoms with Gasteiger partial charge >= 0.3 is 11.9 Å². The number of nitrogens with one attached hydrogen (secondary N) is 1. The highest BCUT2D eigenvalue weighted by Crippen LogP contribution is 2.57. The lowest BCUT2D eigenvalue weighted by Crippen LogP contribution is -2.74. The van der Waals surface area contributed by atoms with Gasteiger partial charge in [0.25, 0.3) is 0 Å². The maximum atomic E-state index is 13.8. The molecule has 48 heavy (non-hydrogen) atoms. The Morgan fingerprint density at radius 2 is 1.71 bits per heavy atom. The molecule has 0 spiro atoms. The Hall–Kier alpha value is -3.38. The maximum absolute atomic E-state index is 13.8. The van der Waals surface area contributed by atoms with E-state index in [1.165, 1.54) is 13.8 Å². The highest BCUT2D eigenvalue weighted by molar-refractivity contribution is 5.89. The molecule has 0 aromatic heterocycles. The number of aliphatic hydroxyl groups is 3. The fourth-order valence-corrected chi connectivity index (χ4v) is 7.90. The third-order valence-electron chi connectivity index (χ3n) is 10.6. The first kappa shape index (κ1) is 37.4. The van der Waals surface area contributed by atoms with Crippen LogP contribution in [0.15, 0.2) is 53.1 Å². The number of fused-ring (bicyclic) bond motifs is 1. The quantitative estimate of drug-likeness (QED) is 0.202. The second-order valence-electron chi connectivity index (χ2n) is 14.7. The van der Waals surface area contributed by atoms with Crippen LogP contribution in [0.1, 0.15) is 91.4 Å². The standard InChI is InChI=1S/C37H51NO10/c1-20(2)16-27(38-24(6)40)31(41)34(43)47-28-18-37(45,35(7,8)26(23(28)5)17-22(4)39)32(48-33(42)25-12-10-9-11-13-25)30-21(3)14-15-29-36(30,44)19-46-29/h9-13,16,21,27-32,41,44-45H,14-15,17-19H2,1-8H3,(H,38,40)/t21-,27?,28?,29?,30?,31?,32?,36-,37?/m0/s1. The van der Waals surface area contributed by atoms with Crippen molar-refractivity contribution >= 4 is 23.6 Å². The average Bonchev–Trinajstić information content (AvgIpc) is 2.99. The Bertz CT molecular complexity index is 1460. The van der Waals surface area contributed by atoms with Crippen LogP contribution in [-0.4, -0.2) is 87.2 Å². The first-order valence-corrected chi connectivity index (χ1v) is 16.7. The van der Waals surface area contributed by atoms with Gasteiger partial charge in [0.15, 0.2) is 6.10 Å². The molecule has 4 N–H and O–H groups in total. The number of aliphatic hydroxyl groups excluding tert-OH is 1. The molecule has 11 nitrogen and oxygen atoms in total. The minimum atomic E-state index is -1.99. The molecule has 1 amide bonds. The van der Waals surface area contributed by atoms with Gasteiger partial charge < -0.3 is 34.8 Å². The summed E-state index contributed by atoms with van der Waals surface area (Å²) in [6, 6.07) is 7.26. The summed E-state index contributed by atoms with van der Waals surface area (Å²) in [5, 5.41) is 38.8. The van der Waals surface area contributed by atoms with Gasteiger partial charge in [0.1, 0.15) is 29.2 Å². The highest BCUT2D eigenvalue weighted by Gasteiger charge is 2.67. The molecule has 1 saturated carbocycles. The van der Waals surface area contributed by atoms with Crippen LogP contribution in [0.2, 0.25) is 0 Å². The number of ketones is 1. The Labute approximate surface area is 282 Å². The number of rotatable bonds is 11. The summed E-state index contributed by atoms with van der Waals surface area (Å²) in [7, 11) is 0. The predicted molar refractivity (Wildman–Crippen MR) is 176 cm³/mol. The third-order valence-corrected chi connectivity index (χ3v) is 10.6. The summed E-state index contributed by atoms with van der Waals surface area (Å²) in [6.45, 7) is 13.4. The number of hydrogen-bond acceptors (Lipinski definition) is 10. The molecule has 1 aromatic carbocycles. The average molecular weight is 670 g/mol. The van der Waals surface area contributed by atoms with Crippen LogP contribution >= 0.6 is 0 Å². The summed E-state index contributed by atoms with van der Waals surface area (Å²) >= 11 is 0. The van der Waals surface area contributed by atoms with Gasteiger partial charge in [0.2, 0.25) is 5.91 Å². The van der Waals surface area contributed by atoms with E-state index in [0.29, 0.717) is 24.0 Å². The fraction of sp³-hybridized carbons (Fsp3) is 0.622. The van der Waals surface area contributed by atoms with E-state index in [-0.39, 0.29) is 36.7 Å². The van der Waals surface area contributed by atoms with Crippen LogP contribution in [0, 0.1) is 17.3 Å². The van der Waals surface area contributed by atoms with Crippen molar-refractivity contribution < 1.29 is 48.7 Å². The van der Waals surface area contributed by atoms with Crippen molar-refractivity contribution in [1.29, 1.82) is 0 Å². The van der Waals surface area contributed by atoms with E-state index < -0.39 is 70.8 Å². The van der Waals surface area contributed by atoms with Crippen LogP contribution in [-0.2, 0) is 28.6 Å². The number of amides is 1. The topological polar surface area (TPSA) is 169 Å². The van der Waals surface area contributed by atoms with E-state index in [0.717, 1.165) is 5.57 Å². The van der Waals surface area contributed by atoms with Gasteiger partial charge in [-0.1, -0.05) is 56.2 Å². The molecule has 1 aromatic rings. The van der Waals surface area contributed by atoms with Gasteiger partial charge in [-0.2, -0.15) is 0 Å². The van der Waals surface area contributed by atoms with Gasteiger partial charge in [-0.05, 0) is 64.2 Å². The number of hydrogen-bond donors (Lipinski definition) is 4. The Balaban J connectivity index is 1.83. The third kappa shape index (κ3) is 7.15. The molecule has 2 aliphatic carbocycles. The molecule has 0 bridgehead atoms. The Morgan fingerprint density at radius 1 is 1.06 bits per heavy atom. The van der Waals surface area contributed by atoms with E-state index in [2.05, 4.69) is 5.32 Å². The zero-order valence-electron chi connectivity index (χ0n) is 29.2. The molecule has 1 saturated heterocycles. The van der Waals surface area contributed by atoms with Crippen molar-refractivity contribution in [3.8, 4) is 0 Å². The predicted octanol–water partition coefficient (Wildman–Crippen LogP) is 3.59. The lowest BCUT2D eigenvalue weighted by molar-refractivity contribution is -0.316. The zero-order chi connectivity index (χ0) is 35.8. The van der Waals surface area contributed by atoms with Crippen molar-refractivity contribution in [3.63, 3.8) is 0 Å². The van der Waals surface area contributed by atoms with Gasteiger partial charge in [-0.3, -0.25) is 9.59 Å². The Kier molecular flexibility index (Phi) is 11.1. The van der Waals surface area contributed by atoms with Crippen LogP contribution in [0.5, 0.6) is 0 Å². The van der Waals surface area contributed by atoms with E-state index in [9.17, 15) is 34.5 Å². The summed E-state index contributed by atoms with van der Waals surface area (Å²) in [4.78, 5) is 51.9. The lowest BCUT2D eigenvalue weighted by Gasteiger charge is -2.61. The van der Waals surface area contributed by atoms with Crippen molar-refractivity contribution in [2.45, 2.75) is 123 Å². The molecule has 1 aliphatic heterocycles. The monoisotopic (exact) mass is 669 g/mol. The van der Waals surface area contributed by atoms with E-state index >= 15 is 0 Å². The van der Waals surface area contributed by atoms with Gasteiger partial charge in [-0.15, -0.1) is 0 Å². The minimum absolute atomic E-state index is 0.00273. The fourth-order valence-electron chi connectivity index (χ4n) is 7.90. The molecule has 2 fully saturated rings. The molecular weight excluding hydrogens is 618 g/mol. The second-order valence-corrected chi connectivity index (χ2v) is 14.7. The van der Waals surface area contributed by atoms with E-state index in [1.54, 1.807) is 71.0 Å². The number of esters is 2. The number of carbonyl (C=O) groups excluding carboxylic acids is 4. The molecule has 11 heteroatoms. The molecular formula is C37H51NO10. The number of benzene rings is 1. The highest BCUT2D eigenvalue weighted by atomic mass is 16.6. The van der Waals surface area contributed by atoms with Crippen LogP contribution in [0.25, 0.3) is 0 Å². The molecule has 7 unspecified atom stereocenters. The Morgan fingerprint density at radius 3 is 2.25 bits per heavy atom. The number of allylic oxidation sites excluding steroid dienone is 1. The normalized spacial score (nSPS) is 31.2. The molecule has 3 aliphatic rings. The van der Waals surface area contributed by atoms with Crippen molar-refractivity contribution in [2.24, 2.45) is 17.3 Å². The molecule has 4 rings (SSSR count). The van der Waals surface area contributed by atoms with Crippen LogP contribution < -0.4 is 5.32 Å². The SMILES string of the molecule is CC(=O)CC1=C(C)C(OC(=O)C(O)C(C=C(C)C)NC(C)=O)CC(O)(C(OC(=O)c2ccccc2)C2[C@@H](C)CCC3OC[C@]32O)C1(C)C. The second kappa shape index (κ2) is 14.2. The molecule has 1 heterocycles. The van der Waals surface area contributed by atoms with Gasteiger partial charge in [-0.25, -0.2) is 9.59 Å². The van der Waals surface area contributed by atoms with Gasteiger partial charge in [0, 0.05) is 31.1 Å². The number of carbonyl (C=O) groups is 4. The smallest absolute Gasteiger partial charge is 0.338 e. The molecule has 9 atom stereocenters. The van der Waals surface area contributed by atoms with Crippen molar-refractivity contribution in [1.82, 2.24) is 5.32 Å². The summed E-state index contributed by atoms with van der Waals surface area (Å²) in [6.07, 6.45) is -2.34. The van der Waals surface area contributed by atoms with Crippen LogP contribution in [0.3, 0.4) is 0 Å². The van der Waals surface area contributed by atoms with Crippen LogP contribution in [0.4, 0.5) is 0 Å². The first-order chi connectivity index (χ1) is 22.3. The summed E-state index contributed by atoms with van der Waals surface area (Å²) in [5.41, 5.74) is -2.60. The van der Waals surface area contributed by atoms with E-state index in [4.69, 9.17) is 14.2 Å². The molecule has 264 valence electrons. The minimum Gasteiger partial charge on any atom is -0.456 e. The summed E-state index contributed by atoms with van der Waals surface area (Å²) < 4.78 is 18.0.